The molecule has 4 aromatic rings. The highest BCUT2D eigenvalue weighted by atomic mass is 32.2. The predicted molar refractivity (Wildman–Crippen MR) is 183 cm³/mol. The van der Waals surface area contributed by atoms with Crippen molar-refractivity contribution in [1.82, 2.24) is 28.7 Å². The van der Waals surface area contributed by atoms with E-state index in [0.717, 1.165) is 4.31 Å². The smallest absolute Gasteiger partial charge is 0.335 e. The number of carboxylic acid groups (broad SMARTS) is 1. The fraction of sp³-hybridized carbons (Fsp3) is 0.406. The second kappa shape index (κ2) is 15.6. The molecule has 1 saturated heterocycles. The molecule has 0 radical (unpaired) electrons. The molecule has 4 heterocycles. The van der Waals surface area contributed by atoms with Crippen LogP contribution in [0.2, 0.25) is 0 Å². The van der Waals surface area contributed by atoms with Gasteiger partial charge in [0.2, 0.25) is 15.9 Å². The topological polar surface area (TPSA) is 201 Å². The number of nitrogens with zero attached hydrogens (tertiary/aromatic N) is 5. The Morgan fingerprint density at radius 3 is 2.47 bits per heavy atom. The van der Waals surface area contributed by atoms with Gasteiger partial charge in [0, 0.05) is 36.3 Å². The first-order valence-corrected chi connectivity index (χ1v) is 18.0. The van der Waals surface area contributed by atoms with E-state index in [9.17, 15) is 27.9 Å². The molecular formula is C32H39N7O8S2. The van der Waals surface area contributed by atoms with Gasteiger partial charge in [-0.15, -0.1) is 11.8 Å². The lowest BCUT2D eigenvalue weighted by Gasteiger charge is -2.30. The summed E-state index contributed by atoms with van der Waals surface area (Å²) in [5.74, 6) is -1.98. The minimum absolute atomic E-state index is 0.0172. The molecule has 3 aromatic heterocycles. The molecule has 262 valence electrons. The van der Waals surface area contributed by atoms with E-state index in [0.29, 0.717) is 55.3 Å². The Hall–Kier alpha value is -4.13. The number of aliphatic carboxylic acids is 1. The van der Waals surface area contributed by atoms with Gasteiger partial charge in [0.25, 0.3) is 0 Å². The van der Waals surface area contributed by atoms with Gasteiger partial charge in [-0.2, -0.15) is 4.31 Å². The minimum atomic E-state index is -4.09. The molecule has 4 N–H and O–H groups in total. The second-order valence-corrected chi connectivity index (χ2v) is 15.2. The molecule has 1 aliphatic heterocycles. The van der Waals surface area contributed by atoms with Crippen LogP contribution >= 0.6 is 11.8 Å². The van der Waals surface area contributed by atoms with Gasteiger partial charge in [0.1, 0.15) is 17.0 Å². The van der Waals surface area contributed by atoms with Crippen molar-refractivity contribution in [2.45, 2.75) is 48.5 Å². The molecule has 49 heavy (non-hydrogen) atoms. The molecule has 1 aliphatic rings. The van der Waals surface area contributed by atoms with Crippen LogP contribution in [0.5, 0.6) is 0 Å². The number of amides is 1. The molecule has 5 rings (SSSR count). The van der Waals surface area contributed by atoms with Gasteiger partial charge in [-0.25, -0.2) is 27.6 Å². The summed E-state index contributed by atoms with van der Waals surface area (Å²) in [7, 11) is -4.09. The molecule has 2 atom stereocenters. The predicted octanol–water partition coefficient (Wildman–Crippen LogP) is 1.23. The number of hydrogen-bond donors (Lipinski definition) is 3. The number of hydrogen-bond acceptors (Lipinski definition) is 11. The average molecular weight is 714 g/mol. The molecule has 15 nitrogen and oxygen atoms in total. The van der Waals surface area contributed by atoms with Crippen LogP contribution in [-0.2, 0) is 42.1 Å². The van der Waals surface area contributed by atoms with Crippen molar-refractivity contribution in [3.63, 3.8) is 0 Å². The number of nitrogens with two attached hydrogens (primary N) is 1. The number of pyridine rings is 2. The van der Waals surface area contributed by atoms with Gasteiger partial charge in [-0.1, -0.05) is 12.1 Å². The number of nitrogens with one attached hydrogen (secondary N) is 1. The van der Waals surface area contributed by atoms with Crippen LogP contribution in [0.4, 0.5) is 0 Å². The number of imidazole rings is 1. The van der Waals surface area contributed by atoms with Crippen molar-refractivity contribution in [1.29, 1.82) is 0 Å². The van der Waals surface area contributed by atoms with Crippen LogP contribution in [0.25, 0.3) is 16.9 Å². The maximum atomic E-state index is 13.6. The van der Waals surface area contributed by atoms with Crippen molar-refractivity contribution in [2.24, 2.45) is 5.73 Å². The van der Waals surface area contributed by atoms with Crippen molar-refractivity contribution >= 4 is 44.8 Å². The summed E-state index contributed by atoms with van der Waals surface area (Å²) >= 11 is 1.28. The van der Waals surface area contributed by atoms with Gasteiger partial charge in [-0.3, -0.25) is 14.3 Å². The van der Waals surface area contributed by atoms with Crippen LogP contribution < -0.4 is 16.7 Å². The summed E-state index contributed by atoms with van der Waals surface area (Å²) in [5, 5.41) is 12.6. The average Bonchev–Trinajstić information content (AvgIpc) is 3.57. The summed E-state index contributed by atoms with van der Waals surface area (Å²) in [6.07, 6.45) is 4.17. The van der Waals surface area contributed by atoms with Crippen LogP contribution in [0.1, 0.15) is 19.4 Å². The maximum absolute atomic E-state index is 13.6. The lowest BCUT2D eigenvalue weighted by atomic mass is 10.0. The quantitative estimate of drug-likeness (QED) is 0.141. The number of thioether (sulfide) groups is 1. The number of sulfonamides is 1. The number of ether oxygens (including phenoxy) is 2. The highest BCUT2D eigenvalue weighted by Crippen LogP contribution is 2.42. The van der Waals surface area contributed by atoms with Gasteiger partial charge < -0.3 is 25.6 Å². The molecule has 0 spiro atoms. The summed E-state index contributed by atoms with van der Waals surface area (Å²) in [6.45, 7) is 5.71. The summed E-state index contributed by atoms with van der Waals surface area (Å²) in [5.41, 5.74) is 7.26. The van der Waals surface area contributed by atoms with Gasteiger partial charge >= 0.3 is 11.7 Å². The van der Waals surface area contributed by atoms with E-state index in [2.05, 4.69) is 15.3 Å². The zero-order valence-corrected chi connectivity index (χ0v) is 28.7. The summed E-state index contributed by atoms with van der Waals surface area (Å²) < 4.78 is 41.1. The number of carboxylic acids is 1. The van der Waals surface area contributed by atoms with Crippen LogP contribution in [0.3, 0.4) is 0 Å². The van der Waals surface area contributed by atoms with Crippen LogP contribution in [0.15, 0.2) is 76.8 Å². The Morgan fingerprint density at radius 2 is 1.80 bits per heavy atom. The van der Waals surface area contributed by atoms with Crippen molar-refractivity contribution in [3.05, 3.63) is 83.2 Å². The van der Waals surface area contributed by atoms with E-state index in [1.165, 1.54) is 40.9 Å². The fourth-order valence-corrected chi connectivity index (χ4v) is 8.72. The standard InChI is InChI=1S/C32H39N7O8S2/c1-32(2)27(38(21-48-32)49(44,45)24-5-3-12-34-20-24)29(40)36-25(30(41)42)19-22-7-9-23(10-8-22)39-28-26(6-4-13-35-28)37(31(39)43)14-16-47-18-17-46-15-11-33/h3-10,12-13,20,25,27H,11,14-19,21,33H2,1-2H3,(H,36,40)(H,41,42)/t25-,27+/m0/s1. The van der Waals surface area contributed by atoms with Gasteiger partial charge in [0.05, 0.1) is 50.1 Å². The van der Waals surface area contributed by atoms with E-state index >= 15 is 0 Å². The molecule has 1 aromatic carbocycles. The van der Waals surface area contributed by atoms with E-state index in [1.807, 2.05) is 0 Å². The molecule has 0 aliphatic carbocycles. The zero-order chi connectivity index (χ0) is 35.2. The normalized spacial score (nSPS) is 16.9. The van der Waals surface area contributed by atoms with Crippen molar-refractivity contribution < 1.29 is 32.6 Å². The molecular weight excluding hydrogens is 675 g/mol. The molecule has 1 amide bonds. The highest BCUT2D eigenvalue weighted by molar-refractivity contribution is 8.02. The van der Waals surface area contributed by atoms with E-state index < -0.39 is 38.7 Å². The highest BCUT2D eigenvalue weighted by Gasteiger charge is 2.51. The summed E-state index contributed by atoms with van der Waals surface area (Å²) in [6, 6.07) is 10.6. The minimum Gasteiger partial charge on any atom is -0.480 e. The third kappa shape index (κ3) is 8.03. The van der Waals surface area contributed by atoms with Gasteiger partial charge in [-0.05, 0) is 55.8 Å². The Morgan fingerprint density at radius 1 is 1.08 bits per heavy atom. The number of carbonyl (C=O) groups is 2. The van der Waals surface area contributed by atoms with Crippen molar-refractivity contribution in [3.8, 4) is 5.69 Å². The largest absolute Gasteiger partial charge is 0.480 e. The van der Waals surface area contributed by atoms with E-state index in [1.54, 1.807) is 61.0 Å². The Labute approximate surface area is 287 Å². The van der Waals surface area contributed by atoms with E-state index in [4.69, 9.17) is 15.2 Å². The number of fused-ring (bicyclic) bond motifs is 1. The number of benzene rings is 1. The first-order valence-electron chi connectivity index (χ1n) is 15.6. The monoisotopic (exact) mass is 713 g/mol. The lowest BCUT2D eigenvalue weighted by Crippen LogP contribution is -2.56. The van der Waals surface area contributed by atoms with Gasteiger partial charge in [0.15, 0.2) is 5.65 Å². The maximum Gasteiger partial charge on any atom is 0.335 e. The van der Waals surface area contributed by atoms with Crippen LogP contribution in [-0.4, -0.2) is 104 Å². The van der Waals surface area contributed by atoms with E-state index in [-0.39, 0.29) is 29.5 Å². The molecule has 1 fully saturated rings. The van der Waals surface area contributed by atoms with Crippen molar-refractivity contribution in [2.75, 3.05) is 38.8 Å². The fourth-order valence-electron chi connectivity index (χ4n) is 5.58. The third-order valence-corrected chi connectivity index (χ3v) is 11.4. The Balaban J connectivity index is 1.31. The molecule has 17 heteroatoms. The lowest BCUT2D eigenvalue weighted by molar-refractivity contribution is -0.142. The molecule has 0 saturated carbocycles. The van der Waals surface area contributed by atoms with Crippen LogP contribution in [0, 0.1) is 0 Å². The SMILES string of the molecule is CC1(C)SCN(S(=O)(=O)c2cccnc2)[C@@H]1C(=O)N[C@@H](Cc1ccc(-n2c(=O)n(CCOCCOCCN)c3cccnc32)cc1)C(=O)O. The first-order chi connectivity index (χ1) is 23.5. The second-order valence-electron chi connectivity index (χ2n) is 11.8. The summed E-state index contributed by atoms with van der Waals surface area (Å²) in [4.78, 5) is 47.8. The molecule has 0 bridgehead atoms. The first kappa shape index (κ1) is 36.2. The molecule has 0 unspecified atom stereocenters. The Kier molecular flexibility index (Phi) is 11.5. The number of rotatable bonds is 16. The Bertz CT molecular complexity index is 1930. The number of carbonyl (C=O) groups excluding carboxylic acids is 1. The third-order valence-electron chi connectivity index (χ3n) is 8.03. The zero-order valence-electron chi connectivity index (χ0n) is 27.1. The number of aromatic nitrogens is 4.